The Balaban J connectivity index is 1.34. The molecule has 2 nitrogen and oxygen atoms in total. The molecule has 0 saturated carbocycles. The molecule has 0 heterocycles. The van der Waals surface area contributed by atoms with Gasteiger partial charge in [0, 0.05) is 22.3 Å². The van der Waals surface area contributed by atoms with Gasteiger partial charge in [-0.05, 0) is 79.2 Å². The first-order valence-corrected chi connectivity index (χ1v) is 14.4. The minimum Gasteiger partial charge on any atom is -0.376 e. The number of fused-ring (bicyclic) bond motifs is 8. The summed E-state index contributed by atoms with van der Waals surface area (Å²) in [5.41, 5.74) is 6.30. The first-order valence-electron chi connectivity index (χ1n) is 14.4. The van der Waals surface area contributed by atoms with Crippen LogP contribution in [-0.4, -0.2) is 10.2 Å². The lowest BCUT2D eigenvalue weighted by Gasteiger charge is -2.29. The van der Waals surface area contributed by atoms with Crippen LogP contribution >= 0.6 is 0 Å². The fourth-order valence-electron chi connectivity index (χ4n) is 7.45. The Bertz CT molecular complexity index is 2090. The van der Waals surface area contributed by atoms with Gasteiger partial charge >= 0.3 is 0 Å². The second kappa shape index (κ2) is 8.27. The van der Waals surface area contributed by atoms with Crippen LogP contribution in [0.25, 0.3) is 43.8 Å². The molecule has 0 aromatic heterocycles. The standard InChI is InChI=1S/C40H26O2/c41-39(29-19-17-25-9-1-3-11-27(25)21-29)35-15-7-5-13-31(35)33-24-38-34(23-37(33)39)32-14-6-8-16-36(32)40(38,42)30-20-18-26-10-2-4-12-28(26)22-30/h1-24,41-42H. The Labute approximate surface area is 243 Å². The zero-order chi connectivity index (χ0) is 28.1. The Morgan fingerprint density at radius 1 is 0.310 bits per heavy atom. The van der Waals surface area contributed by atoms with Crippen molar-refractivity contribution in [3.63, 3.8) is 0 Å². The summed E-state index contributed by atoms with van der Waals surface area (Å²) >= 11 is 0. The average molecular weight is 539 g/mol. The summed E-state index contributed by atoms with van der Waals surface area (Å²) in [6.07, 6.45) is 0. The molecule has 198 valence electrons. The van der Waals surface area contributed by atoms with Crippen molar-refractivity contribution in [1.29, 1.82) is 0 Å². The molecule has 2 heteroatoms. The molecule has 2 aliphatic carbocycles. The highest BCUT2D eigenvalue weighted by molar-refractivity contribution is 5.93. The molecule has 9 rings (SSSR count). The van der Waals surface area contributed by atoms with Crippen LogP contribution in [0.4, 0.5) is 0 Å². The van der Waals surface area contributed by atoms with E-state index in [0.717, 1.165) is 77.2 Å². The molecule has 0 bridgehead atoms. The van der Waals surface area contributed by atoms with Crippen molar-refractivity contribution in [2.75, 3.05) is 0 Å². The molecule has 2 aliphatic rings. The van der Waals surface area contributed by atoms with Crippen LogP contribution in [0.2, 0.25) is 0 Å². The van der Waals surface area contributed by atoms with E-state index in [1.54, 1.807) is 0 Å². The van der Waals surface area contributed by atoms with Gasteiger partial charge in [0.15, 0.2) is 0 Å². The van der Waals surface area contributed by atoms with Crippen LogP contribution in [-0.2, 0) is 11.2 Å². The van der Waals surface area contributed by atoms with Gasteiger partial charge in [0.05, 0.1) is 0 Å². The largest absolute Gasteiger partial charge is 0.376 e. The van der Waals surface area contributed by atoms with Gasteiger partial charge in [-0.1, -0.05) is 121 Å². The predicted molar refractivity (Wildman–Crippen MR) is 169 cm³/mol. The lowest BCUT2D eigenvalue weighted by Crippen LogP contribution is -2.27. The lowest BCUT2D eigenvalue weighted by atomic mass is 9.80. The Morgan fingerprint density at radius 2 is 0.690 bits per heavy atom. The van der Waals surface area contributed by atoms with Crippen LogP contribution in [0.15, 0.2) is 146 Å². The van der Waals surface area contributed by atoms with Gasteiger partial charge in [0.25, 0.3) is 0 Å². The molecule has 0 aliphatic heterocycles. The average Bonchev–Trinajstić information content (AvgIpc) is 3.46. The first-order chi connectivity index (χ1) is 20.6. The van der Waals surface area contributed by atoms with Gasteiger partial charge in [-0.3, -0.25) is 0 Å². The topological polar surface area (TPSA) is 40.5 Å². The molecule has 2 atom stereocenters. The van der Waals surface area contributed by atoms with Crippen LogP contribution in [0.3, 0.4) is 0 Å². The van der Waals surface area contributed by atoms with Gasteiger partial charge in [0.1, 0.15) is 11.2 Å². The smallest absolute Gasteiger partial charge is 0.141 e. The third-order valence-corrected chi connectivity index (χ3v) is 9.49. The minimum absolute atomic E-state index is 0.837. The van der Waals surface area contributed by atoms with Gasteiger partial charge in [-0.2, -0.15) is 0 Å². The maximum Gasteiger partial charge on any atom is 0.141 e. The van der Waals surface area contributed by atoms with Crippen molar-refractivity contribution in [2.45, 2.75) is 11.2 Å². The highest BCUT2D eigenvalue weighted by Crippen LogP contribution is 2.58. The summed E-state index contributed by atoms with van der Waals surface area (Å²) in [6, 6.07) is 49.5. The zero-order valence-corrected chi connectivity index (χ0v) is 22.8. The predicted octanol–water partition coefficient (Wildman–Crippen LogP) is 8.52. The number of hydrogen-bond donors (Lipinski definition) is 2. The van der Waals surface area contributed by atoms with E-state index in [1.165, 1.54) is 0 Å². The molecule has 0 radical (unpaired) electrons. The van der Waals surface area contributed by atoms with Crippen molar-refractivity contribution >= 4 is 21.5 Å². The van der Waals surface area contributed by atoms with E-state index in [2.05, 4.69) is 72.8 Å². The van der Waals surface area contributed by atoms with E-state index in [-0.39, 0.29) is 0 Å². The maximum absolute atomic E-state index is 12.8. The summed E-state index contributed by atoms with van der Waals surface area (Å²) in [6.45, 7) is 0. The molecule has 42 heavy (non-hydrogen) atoms. The maximum atomic E-state index is 12.8. The quantitative estimate of drug-likeness (QED) is 0.232. The molecule has 2 unspecified atom stereocenters. The van der Waals surface area contributed by atoms with Crippen molar-refractivity contribution in [2.24, 2.45) is 0 Å². The van der Waals surface area contributed by atoms with Gasteiger partial charge in [0.2, 0.25) is 0 Å². The molecular weight excluding hydrogens is 512 g/mol. The molecule has 0 amide bonds. The monoisotopic (exact) mass is 538 g/mol. The van der Waals surface area contributed by atoms with Crippen LogP contribution in [0.5, 0.6) is 0 Å². The highest BCUT2D eigenvalue weighted by Gasteiger charge is 2.48. The van der Waals surface area contributed by atoms with Crippen LogP contribution in [0, 0.1) is 0 Å². The Hall–Kier alpha value is -5.02. The molecule has 7 aromatic carbocycles. The molecule has 0 spiro atoms. The van der Waals surface area contributed by atoms with Crippen molar-refractivity contribution in [1.82, 2.24) is 0 Å². The number of rotatable bonds is 2. The van der Waals surface area contributed by atoms with E-state index in [9.17, 15) is 10.2 Å². The highest BCUT2D eigenvalue weighted by atomic mass is 16.3. The molecular formula is C40H26O2. The summed E-state index contributed by atoms with van der Waals surface area (Å²) in [4.78, 5) is 0. The van der Waals surface area contributed by atoms with Gasteiger partial charge < -0.3 is 10.2 Å². The van der Waals surface area contributed by atoms with E-state index in [0.29, 0.717) is 0 Å². The third kappa shape index (κ3) is 2.95. The second-order valence-electron chi connectivity index (χ2n) is 11.6. The normalized spacial score (nSPS) is 19.9. The lowest BCUT2D eigenvalue weighted by molar-refractivity contribution is 0.128. The van der Waals surface area contributed by atoms with E-state index < -0.39 is 11.2 Å². The SMILES string of the molecule is OC1(c2ccc3ccccc3c2)c2ccccc2-c2cc3c(cc21)-c1ccccc1C3(O)c1ccc2ccccc2c1. The van der Waals surface area contributed by atoms with E-state index >= 15 is 0 Å². The molecule has 7 aromatic rings. The van der Waals surface area contributed by atoms with E-state index in [4.69, 9.17) is 0 Å². The Morgan fingerprint density at radius 3 is 1.14 bits per heavy atom. The summed E-state index contributed by atoms with van der Waals surface area (Å²) in [7, 11) is 0. The number of aliphatic hydroxyl groups is 2. The van der Waals surface area contributed by atoms with E-state index in [1.807, 2.05) is 72.8 Å². The van der Waals surface area contributed by atoms with Crippen LogP contribution < -0.4 is 0 Å². The number of hydrogen-bond acceptors (Lipinski definition) is 2. The first kappa shape index (κ1) is 23.7. The van der Waals surface area contributed by atoms with Crippen molar-refractivity contribution in [3.05, 3.63) is 179 Å². The molecule has 0 fully saturated rings. The van der Waals surface area contributed by atoms with Gasteiger partial charge in [-0.25, -0.2) is 0 Å². The summed E-state index contributed by atoms with van der Waals surface area (Å²) in [5.74, 6) is 0. The van der Waals surface area contributed by atoms with Crippen molar-refractivity contribution in [3.8, 4) is 22.3 Å². The number of benzene rings is 7. The summed E-state index contributed by atoms with van der Waals surface area (Å²) in [5, 5.41) is 30.1. The minimum atomic E-state index is -1.33. The molecule has 2 N–H and O–H groups in total. The zero-order valence-electron chi connectivity index (χ0n) is 22.8. The molecule has 0 saturated heterocycles. The fraction of sp³-hybridized carbons (Fsp3) is 0.0500. The fourth-order valence-corrected chi connectivity index (χ4v) is 7.45. The summed E-state index contributed by atoms with van der Waals surface area (Å²) < 4.78 is 0. The Kier molecular flexibility index (Phi) is 4.66. The van der Waals surface area contributed by atoms with Gasteiger partial charge in [-0.15, -0.1) is 0 Å². The van der Waals surface area contributed by atoms with Crippen molar-refractivity contribution < 1.29 is 10.2 Å². The third-order valence-electron chi connectivity index (χ3n) is 9.49. The van der Waals surface area contributed by atoms with Crippen LogP contribution in [0.1, 0.15) is 33.4 Å². The second-order valence-corrected chi connectivity index (χ2v) is 11.6.